The molecule has 0 heterocycles. The third-order valence-electron chi connectivity index (χ3n) is 1.09. The molecule has 0 fully saturated rings. The van der Waals surface area contributed by atoms with Gasteiger partial charge in [-0.3, -0.25) is 0 Å². The van der Waals surface area contributed by atoms with Crippen molar-refractivity contribution in [2.45, 2.75) is 0 Å². The van der Waals surface area contributed by atoms with E-state index in [1.165, 1.54) is 5.01 Å². The number of hydrazine groups is 1. The lowest BCUT2D eigenvalue weighted by Gasteiger charge is -2.14. The second-order valence-corrected chi connectivity index (χ2v) is 1.87. The van der Waals surface area contributed by atoms with Crippen LogP contribution < -0.4 is 11.5 Å². The zero-order valence-corrected chi connectivity index (χ0v) is 6.18. The molecule has 0 aliphatic heterocycles. The van der Waals surface area contributed by atoms with Crippen molar-refractivity contribution in [3.05, 3.63) is 5.21 Å². The number of hydrogen-bond acceptors (Lipinski definition) is 4. The van der Waals surface area contributed by atoms with Gasteiger partial charge in [0.15, 0.2) is 0 Å². The Kier molecular flexibility index (Phi) is 5.13. The van der Waals surface area contributed by atoms with E-state index in [9.17, 15) is 5.21 Å². The van der Waals surface area contributed by atoms with Crippen LogP contribution in [0.5, 0.6) is 0 Å². The summed E-state index contributed by atoms with van der Waals surface area (Å²) >= 11 is 0. The van der Waals surface area contributed by atoms with Crippen LogP contribution in [0.1, 0.15) is 0 Å². The van der Waals surface area contributed by atoms with Crippen LogP contribution >= 0.6 is 0 Å². The van der Waals surface area contributed by atoms with Crippen LogP contribution in [0.15, 0.2) is 5.28 Å². The molecule has 0 aromatic heterocycles. The molecule has 0 saturated heterocycles. The lowest BCUT2D eigenvalue weighted by atomic mass is 10.5. The summed E-state index contributed by atoms with van der Waals surface area (Å²) in [4.78, 5) is 0.0692. The van der Waals surface area contributed by atoms with E-state index in [-0.39, 0.29) is 4.97 Å². The number of hydrogen-bond donors (Lipinski definition) is 3. The Morgan fingerprint density at radius 2 is 1.82 bits per heavy atom. The third kappa shape index (κ3) is 3.58. The summed E-state index contributed by atoms with van der Waals surface area (Å²) in [5.74, 6) is 0. The largest absolute Gasteiger partial charge is 0.569 e. The zero-order chi connectivity index (χ0) is 8.69. The number of rotatable bonds is 5. The molecule has 0 spiro atoms. The maximum atomic E-state index is 10.6. The van der Waals surface area contributed by atoms with E-state index in [4.69, 9.17) is 16.7 Å². The van der Waals surface area contributed by atoms with Crippen molar-refractivity contribution in [2.24, 2.45) is 16.7 Å². The molecular weight excluding hydrogens is 150 g/mol. The molecule has 0 rings (SSSR count). The molecule has 0 radical (unpaired) electrons. The Morgan fingerprint density at radius 1 is 1.36 bits per heavy atom. The Labute approximate surface area is 64.4 Å². The molecule has 0 saturated carbocycles. The monoisotopic (exact) mass is 163 g/mol. The summed E-state index contributed by atoms with van der Waals surface area (Å²) in [5.41, 5.74) is 10.4. The summed E-state index contributed by atoms with van der Waals surface area (Å²) in [7, 11) is 0. The maximum Gasteiger partial charge on any atom is 0.230 e. The predicted octanol–water partition coefficient (Wildman–Crippen LogP) is -1.53. The fourth-order valence-corrected chi connectivity index (χ4v) is 0.638. The second-order valence-electron chi connectivity index (χ2n) is 1.87. The SMILES string of the molecule is NCCN(CCN)/[N+]([O-])=N/O. The highest BCUT2D eigenvalue weighted by molar-refractivity contribution is 4.45. The van der Waals surface area contributed by atoms with Gasteiger partial charge < -0.3 is 21.9 Å². The Balaban J connectivity index is 3.87. The van der Waals surface area contributed by atoms with E-state index in [1.54, 1.807) is 0 Å². The van der Waals surface area contributed by atoms with Crippen LogP contribution in [-0.4, -0.2) is 41.4 Å². The van der Waals surface area contributed by atoms with E-state index < -0.39 is 0 Å². The Bertz CT molecular complexity index is 122. The van der Waals surface area contributed by atoms with Crippen molar-refractivity contribution >= 4 is 0 Å². The zero-order valence-electron chi connectivity index (χ0n) is 6.18. The van der Waals surface area contributed by atoms with Crippen LogP contribution in [0.3, 0.4) is 0 Å². The highest BCUT2D eigenvalue weighted by atomic mass is 16.6. The molecule has 11 heavy (non-hydrogen) atoms. The van der Waals surface area contributed by atoms with Crippen LogP contribution in [0, 0.1) is 5.21 Å². The summed E-state index contributed by atoms with van der Waals surface area (Å²) in [6.07, 6.45) is 0. The first kappa shape index (κ1) is 9.92. The Morgan fingerprint density at radius 3 is 2.09 bits per heavy atom. The minimum atomic E-state index is 0.0692. The van der Waals surface area contributed by atoms with Crippen molar-refractivity contribution in [3.8, 4) is 0 Å². The van der Waals surface area contributed by atoms with E-state index in [1.807, 2.05) is 0 Å². The first-order valence-corrected chi connectivity index (χ1v) is 3.23. The topological polar surface area (TPSA) is 114 Å². The van der Waals surface area contributed by atoms with Crippen molar-refractivity contribution in [2.75, 3.05) is 26.2 Å². The molecule has 0 bridgehead atoms. The van der Waals surface area contributed by atoms with Gasteiger partial charge in [-0.25, -0.2) is 0 Å². The van der Waals surface area contributed by atoms with Gasteiger partial charge in [-0.05, 0) is 0 Å². The van der Waals surface area contributed by atoms with Crippen LogP contribution in [0.2, 0.25) is 0 Å². The van der Waals surface area contributed by atoms with Gasteiger partial charge in [0, 0.05) is 13.1 Å². The maximum absolute atomic E-state index is 10.6. The van der Waals surface area contributed by atoms with Gasteiger partial charge in [-0.2, -0.15) is 0 Å². The third-order valence-corrected chi connectivity index (χ3v) is 1.09. The van der Waals surface area contributed by atoms with Crippen molar-refractivity contribution in [1.82, 2.24) is 5.01 Å². The minimum absolute atomic E-state index is 0.0692. The molecule has 5 N–H and O–H groups in total. The lowest BCUT2D eigenvalue weighted by molar-refractivity contribution is -0.708. The number of nitrogens with zero attached hydrogens (tertiary/aromatic N) is 3. The summed E-state index contributed by atoms with van der Waals surface area (Å²) in [6.45, 7) is 1.28. The van der Waals surface area contributed by atoms with Crippen LogP contribution in [0.25, 0.3) is 0 Å². The van der Waals surface area contributed by atoms with Crippen molar-refractivity contribution < 1.29 is 10.2 Å². The van der Waals surface area contributed by atoms with Crippen LogP contribution in [0.4, 0.5) is 0 Å². The molecule has 0 atom stereocenters. The molecule has 66 valence electrons. The standard InChI is InChI=1S/C4H13N5O2/c5-1-3-8(4-2-6)9(11)7-10/h10H,1-6H2/b9-7-. The van der Waals surface area contributed by atoms with Gasteiger partial charge in [-0.15, -0.1) is 5.01 Å². The number of nitrogens with two attached hydrogens (primary N) is 2. The average Bonchev–Trinajstić information content (AvgIpc) is 2.03. The molecule has 7 nitrogen and oxygen atoms in total. The van der Waals surface area contributed by atoms with E-state index in [0.717, 1.165) is 0 Å². The van der Waals surface area contributed by atoms with E-state index in [0.29, 0.717) is 26.2 Å². The fourth-order valence-electron chi connectivity index (χ4n) is 0.638. The highest BCUT2D eigenvalue weighted by Gasteiger charge is 2.09. The Hall–Kier alpha value is -1.08. The summed E-state index contributed by atoms with van der Waals surface area (Å²) in [5, 5.41) is 22.3. The molecule has 0 amide bonds. The summed E-state index contributed by atoms with van der Waals surface area (Å²) < 4.78 is 0. The quantitative estimate of drug-likeness (QED) is 0.258. The van der Waals surface area contributed by atoms with Crippen molar-refractivity contribution in [1.29, 1.82) is 0 Å². The van der Waals surface area contributed by atoms with Gasteiger partial charge in [-0.1, -0.05) is 0 Å². The highest BCUT2D eigenvalue weighted by Crippen LogP contribution is 1.86. The molecule has 7 heteroatoms. The van der Waals surface area contributed by atoms with Gasteiger partial charge >= 0.3 is 0 Å². The van der Waals surface area contributed by atoms with Gasteiger partial charge in [0.2, 0.25) is 5.28 Å². The van der Waals surface area contributed by atoms with Crippen LogP contribution in [-0.2, 0) is 0 Å². The molecule has 0 aromatic carbocycles. The van der Waals surface area contributed by atoms with Gasteiger partial charge in [0.25, 0.3) is 0 Å². The first-order chi connectivity index (χ1) is 5.26. The van der Waals surface area contributed by atoms with Gasteiger partial charge in [0.05, 0.1) is 18.1 Å². The minimum Gasteiger partial charge on any atom is -0.569 e. The second kappa shape index (κ2) is 5.69. The molecule has 0 aliphatic carbocycles. The first-order valence-electron chi connectivity index (χ1n) is 3.23. The summed E-state index contributed by atoms with van der Waals surface area (Å²) in [6, 6.07) is 0. The molecule has 0 unspecified atom stereocenters. The smallest absolute Gasteiger partial charge is 0.230 e. The van der Waals surface area contributed by atoms with E-state index in [2.05, 4.69) is 5.28 Å². The van der Waals surface area contributed by atoms with E-state index >= 15 is 0 Å². The average molecular weight is 163 g/mol. The normalized spacial score (nSPS) is 11.6. The van der Waals surface area contributed by atoms with Crippen molar-refractivity contribution in [3.63, 3.8) is 0 Å². The fraction of sp³-hybridized carbons (Fsp3) is 1.00. The predicted molar refractivity (Wildman–Crippen MR) is 37.5 cm³/mol. The molecular formula is C4H13N5O2. The van der Waals surface area contributed by atoms with Gasteiger partial charge in [0.1, 0.15) is 0 Å². The molecule has 0 aliphatic rings. The lowest BCUT2D eigenvalue weighted by Crippen LogP contribution is -2.38. The molecule has 0 aromatic rings.